The van der Waals surface area contributed by atoms with Crippen LogP contribution >= 0.6 is 15.9 Å². The summed E-state index contributed by atoms with van der Waals surface area (Å²) in [5.41, 5.74) is 3.79. The van der Waals surface area contributed by atoms with Crippen molar-refractivity contribution in [2.24, 2.45) is 0 Å². The Morgan fingerprint density at radius 1 is 1.30 bits per heavy atom. The molecule has 0 aliphatic heterocycles. The van der Waals surface area contributed by atoms with Gasteiger partial charge in [-0.1, -0.05) is 18.2 Å². The summed E-state index contributed by atoms with van der Waals surface area (Å²) in [7, 11) is 0. The number of imidazole rings is 1. The zero-order valence-corrected chi connectivity index (χ0v) is 12.2. The van der Waals surface area contributed by atoms with Crippen molar-refractivity contribution in [3.8, 4) is 11.4 Å². The molecule has 2 aromatic carbocycles. The molecule has 0 unspecified atom stereocenters. The highest BCUT2D eigenvalue weighted by atomic mass is 79.9. The Bertz CT molecular complexity index is 824. The molecule has 0 spiro atoms. The average molecular weight is 331 g/mol. The standard InChI is InChI=1S/C15H11BrN2O2/c1-8-3-2-4-10(13(8)16)14-17-11-6-5-9(15(19)20)7-12(11)18-14/h2-7H,1H3,(H,17,18)(H,19,20). The van der Waals surface area contributed by atoms with E-state index in [0.29, 0.717) is 5.52 Å². The molecule has 1 heterocycles. The molecule has 0 radical (unpaired) electrons. The third-order valence-corrected chi connectivity index (χ3v) is 4.23. The fourth-order valence-electron chi connectivity index (χ4n) is 2.10. The number of carboxylic acids is 1. The van der Waals surface area contributed by atoms with Crippen molar-refractivity contribution >= 4 is 32.9 Å². The van der Waals surface area contributed by atoms with Crippen LogP contribution in [0.4, 0.5) is 0 Å². The monoisotopic (exact) mass is 330 g/mol. The third-order valence-electron chi connectivity index (χ3n) is 3.18. The lowest BCUT2D eigenvalue weighted by Crippen LogP contribution is -1.94. The topological polar surface area (TPSA) is 66.0 Å². The van der Waals surface area contributed by atoms with Crippen molar-refractivity contribution in [2.45, 2.75) is 6.92 Å². The number of aromatic nitrogens is 2. The second-order valence-electron chi connectivity index (χ2n) is 4.56. The molecule has 4 nitrogen and oxygen atoms in total. The van der Waals surface area contributed by atoms with Crippen molar-refractivity contribution in [3.05, 3.63) is 52.0 Å². The molecule has 0 bridgehead atoms. The van der Waals surface area contributed by atoms with Gasteiger partial charge in [-0.3, -0.25) is 0 Å². The van der Waals surface area contributed by atoms with E-state index in [4.69, 9.17) is 5.11 Å². The van der Waals surface area contributed by atoms with Gasteiger partial charge in [-0.25, -0.2) is 9.78 Å². The highest BCUT2D eigenvalue weighted by Gasteiger charge is 2.11. The highest BCUT2D eigenvalue weighted by Crippen LogP contribution is 2.30. The number of carbonyl (C=O) groups is 1. The fraction of sp³-hybridized carbons (Fsp3) is 0.0667. The molecule has 0 saturated carbocycles. The van der Waals surface area contributed by atoms with Crippen molar-refractivity contribution in [1.82, 2.24) is 9.97 Å². The molecule has 1 aromatic heterocycles. The number of rotatable bonds is 2. The Hall–Kier alpha value is -2.14. The number of carboxylic acid groups (broad SMARTS) is 1. The van der Waals surface area contributed by atoms with E-state index in [0.717, 1.165) is 26.9 Å². The summed E-state index contributed by atoms with van der Waals surface area (Å²) >= 11 is 3.56. The molecule has 0 saturated heterocycles. The van der Waals surface area contributed by atoms with Gasteiger partial charge in [-0.05, 0) is 46.6 Å². The van der Waals surface area contributed by atoms with Gasteiger partial charge in [0.1, 0.15) is 5.82 Å². The Kier molecular flexibility index (Phi) is 3.06. The van der Waals surface area contributed by atoms with E-state index in [1.54, 1.807) is 18.2 Å². The van der Waals surface area contributed by atoms with Crippen LogP contribution in [-0.2, 0) is 0 Å². The number of benzene rings is 2. The number of aromatic carboxylic acids is 1. The maximum Gasteiger partial charge on any atom is 0.335 e. The van der Waals surface area contributed by atoms with Gasteiger partial charge in [0.2, 0.25) is 0 Å². The second kappa shape index (κ2) is 4.76. The third kappa shape index (κ3) is 2.10. The number of fused-ring (bicyclic) bond motifs is 1. The lowest BCUT2D eigenvalue weighted by molar-refractivity contribution is 0.0697. The number of nitrogens with zero attached hydrogens (tertiary/aromatic N) is 1. The molecule has 0 aliphatic carbocycles. The molecular weight excluding hydrogens is 320 g/mol. The van der Waals surface area contributed by atoms with E-state index in [-0.39, 0.29) is 5.56 Å². The van der Waals surface area contributed by atoms with Gasteiger partial charge in [0.05, 0.1) is 16.6 Å². The van der Waals surface area contributed by atoms with Crippen molar-refractivity contribution in [2.75, 3.05) is 0 Å². The van der Waals surface area contributed by atoms with Crippen LogP contribution in [0.5, 0.6) is 0 Å². The Labute approximate surface area is 123 Å². The lowest BCUT2D eigenvalue weighted by Gasteiger charge is -2.03. The molecular formula is C15H11BrN2O2. The summed E-state index contributed by atoms with van der Waals surface area (Å²) in [6.07, 6.45) is 0. The normalized spacial score (nSPS) is 10.9. The minimum atomic E-state index is -0.945. The lowest BCUT2D eigenvalue weighted by atomic mass is 10.1. The van der Waals surface area contributed by atoms with Crippen molar-refractivity contribution < 1.29 is 9.90 Å². The maximum absolute atomic E-state index is 11.0. The van der Waals surface area contributed by atoms with Crippen molar-refractivity contribution in [3.63, 3.8) is 0 Å². The van der Waals surface area contributed by atoms with Crippen LogP contribution < -0.4 is 0 Å². The van der Waals surface area contributed by atoms with Gasteiger partial charge < -0.3 is 10.1 Å². The van der Waals surface area contributed by atoms with Crippen LogP contribution in [-0.4, -0.2) is 21.0 Å². The average Bonchev–Trinajstić information content (AvgIpc) is 2.84. The summed E-state index contributed by atoms with van der Waals surface area (Å²) in [6, 6.07) is 10.8. The van der Waals surface area contributed by atoms with Crippen LogP contribution in [0.1, 0.15) is 15.9 Å². The molecule has 3 aromatic rings. The van der Waals surface area contributed by atoms with Crippen molar-refractivity contribution in [1.29, 1.82) is 0 Å². The largest absolute Gasteiger partial charge is 0.478 e. The first-order valence-electron chi connectivity index (χ1n) is 6.05. The summed E-state index contributed by atoms with van der Waals surface area (Å²) < 4.78 is 0.984. The number of hydrogen-bond acceptors (Lipinski definition) is 2. The quantitative estimate of drug-likeness (QED) is 0.746. The molecule has 0 fully saturated rings. The molecule has 0 atom stereocenters. The Morgan fingerprint density at radius 3 is 2.85 bits per heavy atom. The van der Waals surface area contributed by atoms with E-state index in [1.807, 2.05) is 25.1 Å². The molecule has 0 amide bonds. The number of halogens is 1. The first kappa shape index (κ1) is 12.9. The van der Waals surface area contributed by atoms with Crippen LogP contribution in [0.25, 0.3) is 22.4 Å². The number of aryl methyl sites for hydroxylation is 1. The number of aromatic amines is 1. The smallest absolute Gasteiger partial charge is 0.335 e. The maximum atomic E-state index is 11.0. The first-order chi connectivity index (χ1) is 9.56. The number of hydrogen-bond donors (Lipinski definition) is 2. The molecule has 2 N–H and O–H groups in total. The van der Waals surface area contributed by atoms with Gasteiger partial charge in [-0.2, -0.15) is 0 Å². The van der Waals surface area contributed by atoms with E-state index in [9.17, 15) is 4.79 Å². The zero-order valence-electron chi connectivity index (χ0n) is 10.6. The van der Waals surface area contributed by atoms with E-state index in [2.05, 4.69) is 25.9 Å². The predicted octanol–water partition coefficient (Wildman–Crippen LogP) is 4.00. The second-order valence-corrected chi connectivity index (χ2v) is 5.35. The number of nitrogens with one attached hydrogen (secondary N) is 1. The van der Waals surface area contributed by atoms with E-state index in [1.165, 1.54) is 0 Å². The Morgan fingerprint density at radius 2 is 2.10 bits per heavy atom. The summed E-state index contributed by atoms with van der Waals surface area (Å²) in [4.78, 5) is 18.7. The van der Waals surface area contributed by atoms with Gasteiger partial charge in [0.15, 0.2) is 0 Å². The Balaban J connectivity index is 2.18. The minimum absolute atomic E-state index is 0.246. The molecule has 20 heavy (non-hydrogen) atoms. The molecule has 5 heteroatoms. The minimum Gasteiger partial charge on any atom is -0.478 e. The van der Waals surface area contributed by atoms with Gasteiger partial charge in [0.25, 0.3) is 0 Å². The number of H-pyrrole nitrogens is 1. The van der Waals surface area contributed by atoms with Crippen LogP contribution in [0.2, 0.25) is 0 Å². The van der Waals surface area contributed by atoms with Crippen LogP contribution in [0, 0.1) is 6.92 Å². The SMILES string of the molecule is Cc1cccc(-c2nc3ccc(C(=O)O)cc3[nH]2)c1Br. The zero-order chi connectivity index (χ0) is 14.3. The van der Waals surface area contributed by atoms with Gasteiger partial charge >= 0.3 is 5.97 Å². The van der Waals surface area contributed by atoms with Crippen LogP contribution in [0.15, 0.2) is 40.9 Å². The highest BCUT2D eigenvalue weighted by molar-refractivity contribution is 9.10. The molecule has 3 rings (SSSR count). The fourth-order valence-corrected chi connectivity index (χ4v) is 2.55. The van der Waals surface area contributed by atoms with Gasteiger partial charge in [-0.15, -0.1) is 0 Å². The van der Waals surface area contributed by atoms with Gasteiger partial charge in [0, 0.05) is 10.0 Å². The molecule has 100 valence electrons. The molecule has 0 aliphatic rings. The summed E-state index contributed by atoms with van der Waals surface area (Å²) in [5.74, 6) is -0.224. The van der Waals surface area contributed by atoms with Crippen LogP contribution in [0.3, 0.4) is 0 Å². The first-order valence-corrected chi connectivity index (χ1v) is 6.84. The summed E-state index contributed by atoms with van der Waals surface area (Å²) in [5, 5.41) is 9.01. The van der Waals surface area contributed by atoms with E-state index >= 15 is 0 Å². The van der Waals surface area contributed by atoms with E-state index < -0.39 is 5.97 Å². The summed E-state index contributed by atoms with van der Waals surface area (Å²) in [6.45, 7) is 2.01. The predicted molar refractivity (Wildman–Crippen MR) is 80.9 cm³/mol.